The monoisotopic (exact) mass is 485 g/mol. The van der Waals surface area contributed by atoms with Gasteiger partial charge in [0.1, 0.15) is 23.4 Å². The molecule has 2 aliphatic rings. The van der Waals surface area contributed by atoms with Gasteiger partial charge in [-0.3, -0.25) is 14.1 Å². The number of ether oxygens (including phenoxy) is 1. The minimum Gasteiger partial charge on any atom is -0.487 e. The first-order valence-corrected chi connectivity index (χ1v) is 12.4. The van der Waals surface area contributed by atoms with Gasteiger partial charge in [0.05, 0.1) is 39.7 Å². The van der Waals surface area contributed by atoms with Gasteiger partial charge in [-0.2, -0.15) is 0 Å². The SMILES string of the molecule is CN(C)CCC#Cc1ccc(-c2c(F)cc3ncc4c5c3c2OC2CCCCC2n5c(=O)n4C)cn1. The van der Waals surface area contributed by atoms with Crippen LogP contribution >= 0.6 is 0 Å². The van der Waals surface area contributed by atoms with Gasteiger partial charge in [-0.15, -0.1) is 0 Å². The minimum absolute atomic E-state index is 0.0858. The predicted octanol–water partition coefficient (Wildman–Crippen LogP) is 4.27. The van der Waals surface area contributed by atoms with Crippen LogP contribution in [0.15, 0.2) is 35.4 Å². The molecule has 3 aromatic heterocycles. The number of nitrogens with zero attached hydrogens (tertiary/aromatic N) is 5. The Morgan fingerprint density at radius 2 is 2.03 bits per heavy atom. The first-order valence-electron chi connectivity index (χ1n) is 12.4. The van der Waals surface area contributed by atoms with Crippen molar-refractivity contribution in [1.29, 1.82) is 0 Å². The quantitative estimate of drug-likeness (QED) is 0.406. The number of hydrogen-bond acceptors (Lipinski definition) is 5. The molecule has 0 N–H and O–H groups in total. The first-order chi connectivity index (χ1) is 17.4. The summed E-state index contributed by atoms with van der Waals surface area (Å²) in [6.07, 6.45) is 7.54. The minimum atomic E-state index is -0.421. The summed E-state index contributed by atoms with van der Waals surface area (Å²) in [5.74, 6) is 6.23. The van der Waals surface area contributed by atoms with Crippen molar-refractivity contribution >= 4 is 21.9 Å². The van der Waals surface area contributed by atoms with Crippen LogP contribution in [0.1, 0.15) is 43.8 Å². The molecule has 2 atom stereocenters. The van der Waals surface area contributed by atoms with Gasteiger partial charge in [-0.05, 0) is 51.4 Å². The molecule has 1 aromatic carbocycles. The summed E-state index contributed by atoms with van der Waals surface area (Å²) in [6.45, 7) is 0.878. The van der Waals surface area contributed by atoms with Crippen LogP contribution in [-0.4, -0.2) is 50.7 Å². The number of rotatable bonds is 3. The third kappa shape index (κ3) is 3.58. The third-order valence-electron chi connectivity index (χ3n) is 7.33. The molecule has 2 unspecified atom stereocenters. The van der Waals surface area contributed by atoms with Crippen molar-refractivity contribution in [3.05, 3.63) is 52.6 Å². The van der Waals surface area contributed by atoms with Gasteiger partial charge in [0.15, 0.2) is 0 Å². The number of benzene rings is 1. The van der Waals surface area contributed by atoms with E-state index in [0.29, 0.717) is 33.5 Å². The fourth-order valence-corrected chi connectivity index (χ4v) is 5.52. The second kappa shape index (κ2) is 8.75. The number of halogens is 1. The maximum Gasteiger partial charge on any atom is 0.329 e. The highest BCUT2D eigenvalue weighted by molar-refractivity contribution is 6.09. The highest BCUT2D eigenvalue weighted by Gasteiger charge is 2.37. The molecule has 36 heavy (non-hydrogen) atoms. The van der Waals surface area contributed by atoms with Crippen molar-refractivity contribution in [3.63, 3.8) is 0 Å². The van der Waals surface area contributed by atoms with Gasteiger partial charge in [0, 0.05) is 37.8 Å². The summed E-state index contributed by atoms with van der Waals surface area (Å²) >= 11 is 0. The average Bonchev–Trinajstić information content (AvgIpc) is 3.02. The number of fused-ring (bicyclic) bond motifs is 2. The topological polar surface area (TPSA) is 65.2 Å². The zero-order chi connectivity index (χ0) is 25.0. The maximum atomic E-state index is 15.7. The molecular weight excluding hydrogens is 457 g/mol. The Balaban J connectivity index is 1.54. The zero-order valence-electron chi connectivity index (χ0n) is 20.7. The fraction of sp³-hybridized carbons (Fsp3) is 0.393. The molecule has 1 fully saturated rings. The molecule has 1 saturated carbocycles. The lowest BCUT2D eigenvalue weighted by Crippen LogP contribution is -2.37. The number of aryl methyl sites for hydroxylation is 1. The van der Waals surface area contributed by atoms with E-state index >= 15 is 4.39 Å². The second-order valence-corrected chi connectivity index (χ2v) is 9.96. The Morgan fingerprint density at radius 1 is 1.19 bits per heavy atom. The van der Waals surface area contributed by atoms with Crippen LogP contribution in [0.2, 0.25) is 0 Å². The van der Waals surface area contributed by atoms with Crippen molar-refractivity contribution in [2.45, 2.75) is 44.2 Å². The molecule has 0 radical (unpaired) electrons. The van der Waals surface area contributed by atoms with E-state index in [1.54, 1.807) is 24.0 Å². The maximum absolute atomic E-state index is 15.7. The van der Waals surface area contributed by atoms with Crippen LogP contribution in [0.5, 0.6) is 5.75 Å². The number of imidazole rings is 1. The van der Waals surface area contributed by atoms with E-state index in [1.165, 1.54) is 6.07 Å². The molecule has 7 nitrogen and oxygen atoms in total. The third-order valence-corrected chi connectivity index (χ3v) is 7.33. The lowest BCUT2D eigenvalue weighted by molar-refractivity contribution is 0.102. The summed E-state index contributed by atoms with van der Waals surface area (Å²) < 4.78 is 25.8. The van der Waals surface area contributed by atoms with Gasteiger partial charge in [-0.1, -0.05) is 12.3 Å². The van der Waals surface area contributed by atoms with E-state index in [-0.39, 0.29) is 17.8 Å². The summed E-state index contributed by atoms with van der Waals surface area (Å²) in [5.41, 5.74) is 3.49. The van der Waals surface area contributed by atoms with E-state index in [1.807, 2.05) is 30.8 Å². The van der Waals surface area contributed by atoms with Crippen LogP contribution in [0.4, 0.5) is 4.39 Å². The highest BCUT2D eigenvalue weighted by Crippen LogP contribution is 2.47. The fourth-order valence-electron chi connectivity index (χ4n) is 5.52. The van der Waals surface area contributed by atoms with Gasteiger partial charge in [0.25, 0.3) is 0 Å². The van der Waals surface area contributed by atoms with Crippen molar-refractivity contribution in [1.82, 2.24) is 24.0 Å². The largest absolute Gasteiger partial charge is 0.487 e. The Morgan fingerprint density at radius 3 is 2.81 bits per heavy atom. The van der Waals surface area contributed by atoms with Crippen LogP contribution in [-0.2, 0) is 7.05 Å². The molecule has 4 aromatic rings. The smallest absolute Gasteiger partial charge is 0.329 e. The van der Waals surface area contributed by atoms with Crippen molar-refractivity contribution in [3.8, 4) is 28.7 Å². The summed E-state index contributed by atoms with van der Waals surface area (Å²) in [4.78, 5) is 24.4. The molecule has 6 rings (SSSR count). The first kappa shape index (κ1) is 22.7. The summed E-state index contributed by atoms with van der Waals surface area (Å²) in [5, 5.41) is 0.684. The standard InChI is InChI=1S/C28H28FN5O2/c1-32(2)13-7-6-8-18-12-11-17(15-30-18)24-19(29)14-20-25-26-22(16-31-20)33(3)28(35)34(26)21-9-4-5-10-23(21)36-27(24)25/h11-12,14-16,21,23H,4-5,7,9-10,13H2,1-3H3. The molecule has 8 heteroatoms. The van der Waals surface area contributed by atoms with E-state index in [2.05, 4.69) is 26.7 Å². The lowest BCUT2D eigenvalue weighted by Gasteiger charge is -2.31. The molecule has 184 valence electrons. The number of aromatic nitrogens is 4. The molecule has 0 spiro atoms. The van der Waals surface area contributed by atoms with Gasteiger partial charge >= 0.3 is 5.69 Å². The Labute approximate surface area is 208 Å². The Hall–Kier alpha value is -3.70. The molecule has 1 aliphatic heterocycles. The molecular formula is C28H28FN5O2. The van der Waals surface area contributed by atoms with E-state index in [9.17, 15) is 4.79 Å². The van der Waals surface area contributed by atoms with Gasteiger partial charge < -0.3 is 9.64 Å². The van der Waals surface area contributed by atoms with E-state index in [0.717, 1.165) is 49.7 Å². The lowest BCUT2D eigenvalue weighted by atomic mass is 9.92. The second-order valence-electron chi connectivity index (χ2n) is 9.96. The van der Waals surface area contributed by atoms with Gasteiger partial charge in [-0.25, -0.2) is 14.2 Å². The zero-order valence-corrected chi connectivity index (χ0v) is 20.7. The summed E-state index contributed by atoms with van der Waals surface area (Å²) in [6, 6.07) is 4.98. The van der Waals surface area contributed by atoms with Crippen molar-refractivity contribution in [2.75, 3.05) is 20.6 Å². The average molecular weight is 486 g/mol. The van der Waals surface area contributed by atoms with E-state index < -0.39 is 5.82 Å². The molecule has 4 heterocycles. The molecule has 0 amide bonds. The van der Waals surface area contributed by atoms with Crippen LogP contribution in [0.25, 0.3) is 33.1 Å². The number of hydrogen-bond donors (Lipinski definition) is 0. The number of pyridine rings is 2. The Kier molecular flexibility index (Phi) is 5.53. The van der Waals surface area contributed by atoms with Crippen molar-refractivity contribution < 1.29 is 9.13 Å². The van der Waals surface area contributed by atoms with Crippen LogP contribution < -0.4 is 10.4 Å². The highest BCUT2D eigenvalue weighted by atomic mass is 19.1. The Bertz CT molecular complexity index is 1610. The molecule has 1 aliphatic carbocycles. The van der Waals surface area contributed by atoms with Gasteiger partial charge in [0.2, 0.25) is 0 Å². The normalized spacial score (nSPS) is 18.7. The van der Waals surface area contributed by atoms with Crippen molar-refractivity contribution in [2.24, 2.45) is 7.05 Å². The van der Waals surface area contributed by atoms with Crippen LogP contribution in [0, 0.1) is 17.7 Å². The summed E-state index contributed by atoms with van der Waals surface area (Å²) in [7, 11) is 5.79. The van der Waals surface area contributed by atoms with E-state index in [4.69, 9.17) is 4.74 Å². The molecule has 0 bridgehead atoms. The molecule has 0 saturated heterocycles. The van der Waals surface area contributed by atoms with Crippen LogP contribution in [0.3, 0.4) is 0 Å². The predicted molar refractivity (Wildman–Crippen MR) is 138 cm³/mol.